The van der Waals surface area contributed by atoms with Crippen LogP contribution in [0, 0.1) is 12.8 Å². The van der Waals surface area contributed by atoms with E-state index in [9.17, 15) is 0 Å². The number of benzene rings is 2. The maximum absolute atomic E-state index is 5.90. The van der Waals surface area contributed by atoms with Crippen LogP contribution in [0.5, 0.6) is 11.5 Å². The topological polar surface area (TPSA) is 18.5 Å². The van der Waals surface area contributed by atoms with Gasteiger partial charge in [-0.05, 0) is 66.6 Å². The van der Waals surface area contributed by atoms with Crippen molar-refractivity contribution >= 4 is 22.4 Å². The number of hydrogen-bond donors (Lipinski definition) is 0. The molecule has 0 unspecified atom stereocenters. The van der Waals surface area contributed by atoms with Gasteiger partial charge in [0.1, 0.15) is 11.5 Å². The average molecular weight is 335 g/mol. The fraction of sp³-hybridized carbons (Fsp3) is 0.500. The predicted molar refractivity (Wildman–Crippen MR) is 99.1 cm³/mol. The van der Waals surface area contributed by atoms with Gasteiger partial charge in [0.15, 0.2) is 0 Å². The van der Waals surface area contributed by atoms with Gasteiger partial charge in [0.25, 0.3) is 0 Å². The van der Waals surface area contributed by atoms with Crippen LogP contribution in [-0.2, 0) is 0 Å². The van der Waals surface area contributed by atoms with Gasteiger partial charge in [-0.15, -0.1) is 11.6 Å². The van der Waals surface area contributed by atoms with E-state index in [4.69, 9.17) is 21.1 Å². The van der Waals surface area contributed by atoms with Crippen molar-refractivity contribution in [3.05, 3.63) is 35.9 Å². The van der Waals surface area contributed by atoms with E-state index >= 15 is 0 Å². The van der Waals surface area contributed by atoms with Gasteiger partial charge in [0.05, 0.1) is 13.2 Å². The van der Waals surface area contributed by atoms with Crippen molar-refractivity contribution in [2.75, 3.05) is 19.1 Å². The molecule has 2 aromatic rings. The molecule has 0 bridgehead atoms. The molecule has 126 valence electrons. The number of fused-ring (bicyclic) bond motifs is 1. The second-order valence-corrected chi connectivity index (χ2v) is 6.75. The highest BCUT2D eigenvalue weighted by Crippen LogP contribution is 2.30. The molecule has 0 atom stereocenters. The molecule has 23 heavy (non-hydrogen) atoms. The summed E-state index contributed by atoms with van der Waals surface area (Å²) in [5.74, 6) is 3.16. The minimum atomic E-state index is 0.527. The van der Waals surface area contributed by atoms with E-state index in [0.29, 0.717) is 5.92 Å². The predicted octanol–water partition coefficient (Wildman–Crippen LogP) is 5.97. The van der Waals surface area contributed by atoms with Crippen molar-refractivity contribution in [3.63, 3.8) is 0 Å². The van der Waals surface area contributed by atoms with Crippen LogP contribution in [0.25, 0.3) is 10.8 Å². The molecular formula is C20H27ClO2. The number of aryl methyl sites for hydroxylation is 1. The maximum Gasteiger partial charge on any atom is 0.122 e. The van der Waals surface area contributed by atoms with Gasteiger partial charge in [-0.2, -0.15) is 0 Å². The van der Waals surface area contributed by atoms with E-state index in [2.05, 4.69) is 45.0 Å². The number of ether oxygens (including phenoxy) is 2. The van der Waals surface area contributed by atoms with E-state index in [1.807, 2.05) is 6.07 Å². The molecule has 0 saturated heterocycles. The van der Waals surface area contributed by atoms with E-state index in [0.717, 1.165) is 49.9 Å². The summed E-state index contributed by atoms with van der Waals surface area (Å²) in [6, 6.07) is 10.4. The Labute approximate surface area is 144 Å². The molecule has 2 nitrogen and oxygen atoms in total. The van der Waals surface area contributed by atoms with Gasteiger partial charge in [0, 0.05) is 5.88 Å². The SMILES string of the molecule is Cc1c(OCC(C)C)ccc2cc(OCCCCCCl)ccc12. The molecule has 2 aromatic carbocycles. The van der Waals surface area contributed by atoms with Crippen LogP contribution in [0.15, 0.2) is 30.3 Å². The molecule has 0 spiro atoms. The average Bonchev–Trinajstić information content (AvgIpc) is 2.54. The number of alkyl halides is 1. The fourth-order valence-electron chi connectivity index (χ4n) is 2.51. The zero-order chi connectivity index (χ0) is 16.7. The first-order valence-corrected chi connectivity index (χ1v) is 9.00. The summed E-state index contributed by atoms with van der Waals surface area (Å²) in [4.78, 5) is 0. The molecule has 0 aliphatic heterocycles. The normalized spacial score (nSPS) is 11.2. The van der Waals surface area contributed by atoms with Crippen LogP contribution in [0.4, 0.5) is 0 Å². The summed E-state index contributed by atoms with van der Waals surface area (Å²) >= 11 is 5.68. The smallest absolute Gasteiger partial charge is 0.122 e. The Kier molecular flexibility index (Phi) is 7.04. The monoisotopic (exact) mass is 334 g/mol. The van der Waals surface area contributed by atoms with Gasteiger partial charge in [-0.25, -0.2) is 0 Å². The Morgan fingerprint density at radius 3 is 2.57 bits per heavy atom. The van der Waals surface area contributed by atoms with E-state index in [1.54, 1.807) is 0 Å². The lowest BCUT2D eigenvalue weighted by atomic mass is 10.0. The van der Waals surface area contributed by atoms with Crippen molar-refractivity contribution in [1.29, 1.82) is 0 Å². The third-order valence-electron chi connectivity index (χ3n) is 3.83. The quantitative estimate of drug-likeness (QED) is 0.415. The second kappa shape index (κ2) is 9.02. The van der Waals surface area contributed by atoms with Crippen molar-refractivity contribution in [3.8, 4) is 11.5 Å². The summed E-state index contributed by atoms with van der Waals surface area (Å²) in [6.45, 7) is 7.93. The van der Waals surface area contributed by atoms with Gasteiger partial charge in [-0.1, -0.05) is 26.0 Å². The number of rotatable bonds is 9. The molecule has 0 radical (unpaired) electrons. The highest BCUT2D eigenvalue weighted by atomic mass is 35.5. The zero-order valence-electron chi connectivity index (χ0n) is 14.4. The molecule has 0 amide bonds. The Bertz CT molecular complexity index is 622. The van der Waals surface area contributed by atoms with Crippen LogP contribution in [-0.4, -0.2) is 19.1 Å². The Morgan fingerprint density at radius 1 is 1.00 bits per heavy atom. The number of unbranched alkanes of at least 4 members (excludes halogenated alkanes) is 2. The Balaban J connectivity index is 2.04. The largest absolute Gasteiger partial charge is 0.494 e. The molecule has 0 aliphatic rings. The molecule has 0 saturated carbocycles. The first-order chi connectivity index (χ1) is 11.1. The van der Waals surface area contributed by atoms with Gasteiger partial charge >= 0.3 is 0 Å². The van der Waals surface area contributed by atoms with E-state index in [-0.39, 0.29) is 0 Å². The van der Waals surface area contributed by atoms with Crippen LogP contribution in [0.2, 0.25) is 0 Å². The maximum atomic E-state index is 5.90. The van der Waals surface area contributed by atoms with Crippen molar-refractivity contribution < 1.29 is 9.47 Å². The van der Waals surface area contributed by atoms with Crippen molar-refractivity contribution in [2.45, 2.75) is 40.0 Å². The second-order valence-electron chi connectivity index (χ2n) is 6.37. The van der Waals surface area contributed by atoms with Crippen LogP contribution in [0.3, 0.4) is 0 Å². The summed E-state index contributed by atoms with van der Waals surface area (Å²) in [5, 5.41) is 2.42. The molecule has 0 fully saturated rings. The minimum absolute atomic E-state index is 0.527. The summed E-state index contributed by atoms with van der Waals surface area (Å²) in [6.07, 6.45) is 3.22. The highest BCUT2D eigenvalue weighted by Gasteiger charge is 2.07. The molecular weight excluding hydrogens is 308 g/mol. The van der Waals surface area contributed by atoms with Gasteiger partial charge in [0.2, 0.25) is 0 Å². The number of halogens is 1. The Hall–Kier alpha value is -1.41. The van der Waals surface area contributed by atoms with Gasteiger partial charge in [-0.3, -0.25) is 0 Å². The summed E-state index contributed by atoms with van der Waals surface area (Å²) in [7, 11) is 0. The van der Waals surface area contributed by atoms with Crippen molar-refractivity contribution in [2.24, 2.45) is 5.92 Å². The van der Waals surface area contributed by atoms with Crippen LogP contribution >= 0.6 is 11.6 Å². The molecule has 3 heteroatoms. The number of hydrogen-bond acceptors (Lipinski definition) is 2. The lowest BCUT2D eigenvalue weighted by Gasteiger charge is -2.14. The molecule has 0 aliphatic carbocycles. The van der Waals surface area contributed by atoms with Crippen LogP contribution < -0.4 is 9.47 Å². The molecule has 0 aromatic heterocycles. The Morgan fingerprint density at radius 2 is 1.83 bits per heavy atom. The summed E-state index contributed by atoms with van der Waals surface area (Å²) in [5.41, 5.74) is 1.19. The molecule has 2 rings (SSSR count). The zero-order valence-corrected chi connectivity index (χ0v) is 15.2. The first-order valence-electron chi connectivity index (χ1n) is 8.46. The highest BCUT2D eigenvalue weighted by molar-refractivity contribution is 6.17. The van der Waals surface area contributed by atoms with E-state index < -0.39 is 0 Å². The fourth-order valence-corrected chi connectivity index (χ4v) is 2.70. The molecule has 0 N–H and O–H groups in total. The van der Waals surface area contributed by atoms with Crippen molar-refractivity contribution in [1.82, 2.24) is 0 Å². The summed E-state index contributed by atoms with van der Waals surface area (Å²) < 4.78 is 11.7. The third kappa shape index (κ3) is 5.31. The van der Waals surface area contributed by atoms with Crippen LogP contribution in [0.1, 0.15) is 38.7 Å². The first kappa shape index (κ1) is 17.9. The van der Waals surface area contributed by atoms with E-state index in [1.165, 1.54) is 16.3 Å². The minimum Gasteiger partial charge on any atom is -0.494 e. The standard InChI is InChI=1S/C20H27ClO2/c1-15(2)14-23-20-10-7-17-13-18(8-9-19(17)16(20)3)22-12-6-4-5-11-21/h7-10,13,15H,4-6,11-12,14H2,1-3H3. The lowest BCUT2D eigenvalue weighted by molar-refractivity contribution is 0.270. The lowest BCUT2D eigenvalue weighted by Crippen LogP contribution is -2.05. The molecule has 0 heterocycles. The van der Waals surface area contributed by atoms with Gasteiger partial charge < -0.3 is 9.47 Å². The third-order valence-corrected chi connectivity index (χ3v) is 4.10.